The van der Waals surface area contributed by atoms with Crippen molar-refractivity contribution in [1.82, 2.24) is 0 Å². The molecule has 0 aliphatic rings. The van der Waals surface area contributed by atoms with Crippen LogP contribution >= 0.6 is 0 Å². The minimum Gasteiger partial charge on any atom is -0.506 e. The van der Waals surface area contributed by atoms with Crippen molar-refractivity contribution in [1.29, 1.82) is 0 Å². The minimum absolute atomic E-state index is 0.310. The molecule has 0 atom stereocenters. The van der Waals surface area contributed by atoms with E-state index in [2.05, 4.69) is 5.32 Å². The first-order valence-corrected chi connectivity index (χ1v) is 5.27. The second-order valence-corrected chi connectivity index (χ2v) is 3.72. The molecule has 3 N–H and O–H groups in total. The Morgan fingerprint density at radius 2 is 1.42 bits per heavy atom. The van der Waals surface area contributed by atoms with Gasteiger partial charge in [0.25, 0.3) is 5.91 Å². The van der Waals surface area contributed by atoms with Crippen LogP contribution in [0.3, 0.4) is 0 Å². The number of anilines is 1. The summed E-state index contributed by atoms with van der Waals surface area (Å²) in [6, 6.07) is 6.77. The van der Waals surface area contributed by atoms with Crippen LogP contribution in [0.15, 0.2) is 36.4 Å². The molecule has 0 saturated carbocycles. The molecular formula is C13H9F2NO3. The Bertz CT molecular complexity index is 603. The van der Waals surface area contributed by atoms with Gasteiger partial charge in [-0.25, -0.2) is 8.78 Å². The molecule has 0 aromatic heterocycles. The fourth-order valence-corrected chi connectivity index (χ4v) is 1.55. The average molecular weight is 265 g/mol. The number of carbonyl (C=O) groups is 1. The Labute approximate surface area is 106 Å². The van der Waals surface area contributed by atoms with Crippen molar-refractivity contribution in [2.45, 2.75) is 0 Å². The first kappa shape index (κ1) is 12.8. The molecule has 2 aromatic rings. The summed E-state index contributed by atoms with van der Waals surface area (Å²) in [5, 5.41) is 21.0. The number of para-hydroxylation sites is 1. The molecule has 0 radical (unpaired) electrons. The predicted octanol–water partition coefficient (Wildman–Crippen LogP) is 2.63. The van der Waals surface area contributed by atoms with Crippen LogP contribution in [0.2, 0.25) is 0 Å². The van der Waals surface area contributed by atoms with Gasteiger partial charge in [0.1, 0.15) is 34.4 Å². The highest BCUT2D eigenvalue weighted by atomic mass is 19.1. The molecule has 0 unspecified atom stereocenters. The molecule has 0 aliphatic heterocycles. The number of phenolic OH excluding ortho intramolecular Hbond substituents is 2. The number of halogens is 2. The molecule has 0 bridgehead atoms. The first-order chi connectivity index (χ1) is 9.00. The summed E-state index contributed by atoms with van der Waals surface area (Å²) < 4.78 is 26.8. The Hall–Kier alpha value is -2.63. The van der Waals surface area contributed by atoms with E-state index >= 15 is 0 Å². The van der Waals surface area contributed by atoms with E-state index in [1.54, 1.807) is 0 Å². The van der Waals surface area contributed by atoms with Gasteiger partial charge in [0.15, 0.2) is 0 Å². The van der Waals surface area contributed by atoms with Gasteiger partial charge >= 0.3 is 0 Å². The quantitative estimate of drug-likeness (QED) is 0.731. The minimum atomic E-state index is -1.10. The summed E-state index contributed by atoms with van der Waals surface area (Å²) in [5.74, 6) is -4.00. The van der Waals surface area contributed by atoms with Gasteiger partial charge in [-0.2, -0.15) is 0 Å². The van der Waals surface area contributed by atoms with Crippen molar-refractivity contribution in [2.24, 2.45) is 0 Å². The van der Waals surface area contributed by atoms with Crippen molar-refractivity contribution in [3.05, 3.63) is 53.6 Å². The fourth-order valence-electron chi connectivity index (χ4n) is 1.55. The lowest BCUT2D eigenvalue weighted by atomic mass is 10.1. The number of aromatic hydroxyl groups is 2. The molecule has 0 spiro atoms. The van der Waals surface area contributed by atoms with E-state index in [1.165, 1.54) is 18.2 Å². The SMILES string of the molecule is O=C(Nc1c(O)cccc1O)c1c(F)cccc1F. The number of phenols is 2. The van der Waals surface area contributed by atoms with Gasteiger partial charge in [0, 0.05) is 0 Å². The number of amides is 1. The lowest BCUT2D eigenvalue weighted by Crippen LogP contribution is -2.16. The van der Waals surface area contributed by atoms with Crippen LogP contribution < -0.4 is 5.32 Å². The summed E-state index contributed by atoms with van der Waals surface area (Å²) >= 11 is 0. The van der Waals surface area contributed by atoms with E-state index in [9.17, 15) is 23.8 Å². The number of hydrogen-bond donors (Lipinski definition) is 3. The fraction of sp³-hybridized carbons (Fsp3) is 0. The molecular weight excluding hydrogens is 256 g/mol. The number of rotatable bonds is 2. The highest BCUT2D eigenvalue weighted by Gasteiger charge is 2.19. The molecule has 2 aromatic carbocycles. The molecule has 0 saturated heterocycles. The largest absolute Gasteiger partial charge is 0.506 e. The van der Waals surface area contributed by atoms with Crippen LogP contribution in [-0.2, 0) is 0 Å². The Kier molecular flexibility index (Phi) is 3.33. The summed E-state index contributed by atoms with van der Waals surface area (Å²) in [6.45, 7) is 0. The average Bonchev–Trinajstić information content (AvgIpc) is 2.34. The van der Waals surface area contributed by atoms with Gasteiger partial charge < -0.3 is 15.5 Å². The van der Waals surface area contributed by atoms with Crippen molar-refractivity contribution >= 4 is 11.6 Å². The van der Waals surface area contributed by atoms with Crippen LogP contribution in [0.4, 0.5) is 14.5 Å². The van der Waals surface area contributed by atoms with E-state index in [4.69, 9.17) is 0 Å². The van der Waals surface area contributed by atoms with Gasteiger partial charge in [-0.15, -0.1) is 0 Å². The maximum atomic E-state index is 13.4. The summed E-state index contributed by atoms with van der Waals surface area (Å²) in [7, 11) is 0. The van der Waals surface area contributed by atoms with Gasteiger partial charge in [-0.1, -0.05) is 12.1 Å². The zero-order valence-corrected chi connectivity index (χ0v) is 9.52. The van der Waals surface area contributed by atoms with Crippen LogP contribution in [0.25, 0.3) is 0 Å². The smallest absolute Gasteiger partial charge is 0.261 e. The topological polar surface area (TPSA) is 69.6 Å². The van der Waals surface area contributed by atoms with E-state index in [0.717, 1.165) is 18.2 Å². The molecule has 19 heavy (non-hydrogen) atoms. The molecule has 2 rings (SSSR count). The molecule has 4 nitrogen and oxygen atoms in total. The van der Waals surface area contributed by atoms with Gasteiger partial charge in [-0.05, 0) is 24.3 Å². The number of hydrogen-bond acceptors (Lipinski definition) is 3. The molecule has 1 amide bonds. The van der Waals surface area contributed by atoms with E-state index in [0.29, 0.717) is 0 Å². The zero-order chi connectivity index (χ0) is 14.0. The maximum absolute atomic E-state index is 13.4. The second kappa shape index (κ2) is 4.93. The van der Waals surface area contributed by atoms with E-state index in [-0.39, 0.29) is 5.69 Å². The van der Waals surface area contributed by atoms with Crippen LogP contribution in [-0.4, -0.2) is 16.1 Å². The summed E-state index contributed by atoms with van der Waals surface area (Å²) in [5.41, 5.74) is -1.10. The molecule has 0 heterocycles. The molecule has 0 fully saturated rings. The molecule has 98 valence electrons. The Balaban J connectivity index is 2.37. The summed E-state index contributed by atoms with van der Waals surface area (Å²) in [6.07, 6.45) is 0. The monoisotopic (exact) mass is 265 g/mol. The standard InChI is InChI=1S/C13H9F2NO3/c14-7-3-1-4-8(15)11(7)13(19)16-12-9(17)5-2-6-10(12)18/h1-6,17-18H,(H,16,19). The van der Waals surface area contributed by atoms with Crippen molar-refractivity contribution in [3.63, 3.8) is 0 Å². The Morgan fingerprint density at radius 3 is 1.95 bits per heavy atom. The lowest BCUT2D eigenvalue weighted by Gasteiger charge is -2.10. The molecule has 6 heteroatoms. The van der Waals surface area contributed by atoms with Crippen molar-refractivity contribution in [3.8, 4) is 11.5 Å². The summed E-state index contributed by atoms with van der Waals surface area (Å²) in [4.78, 5) is 11.7. The van der Waals surface area contributed by atoms with E-state index < -0.39 is 34.6 Å². The van der Waals surface area contributed by atoms with Crippen molar-refractivity contribution < 1.29 is 23.8 Å². The number of nitrogens with one attached hydrogen (secondary N) is 1. The Morgan fingerprint density at radius 1 is 0.947 bits per heavy atom. The number of benzene rings is 2. The first-order valence-electron chi connectivity index (χ1n) is 5.27. The van der Waals surface area contributed by atoms with Crippen molar-refractivity contribution in [2.75, 3.05) is 5.32 Å². The third-order valence-electron chi connectivity index (χ3n) is 2.45. The third-order valence-corrected chi connectivity index (χ3v) is 2.45. The van der Waals surface area contributed by atoms with Crippen LogP contribution in [0.1, 0.15) is 10.4 Å². The van der Waals surface area contributed by atoms with Gasteiger partial charge in [0.05, 0.1) is 0 Å². The maximum Gasteiger partial charge on any atom is 0.261 e. The second-order valence-electron chi connectivity index (χ2n) is 3.72. The highest BCUT2D eigenvalue weighted by Crippen LogP contribution is 2.32. The zero-order valence-electron chi connectivity index (χ0n) is 9.52. The molecule has 0 aliphatic carbocycles. The van der Waals surface area contributed by atoms with Crippen LogP contribution in [0, 0.1) is 11.6 Å². The third kappa shape index (κ3) is 2.47. The van der Waals surface area contributed by atoms with E-state index in [1.807, 2.05) is 0 Å². The lowest BCUT2D eigenvalue weighted by molar-refractivity contribution is 0.101. The van der Waals surface area contributed by atoms with Gasteiger partial charge in [0.2, 0.25) is 0 Å². The number of carbonyl (C=O) groups excluding carboxylic acids is 1. The van der Waals surface area contributed by atoms with Gasteiger partial charge in [-0.3, -0.25) is 4.79 Å². The highest BCUT2D eigenvalue weighted by molar-refractivity contribution is 6.06. The van der Waals surface area contributed by atoms with Crippen LogP contribution in [0.5, 0.6) is 11.5 Å². The predicted molar refractivity (Wildman–Crippen MR) is 64.1 cm³/mol. The normalized spacial score (nSPS) is 10.2.